The second-order valence-electron chi connectivity index (χ2n) is 4.26. The van der Waals surface area contributed by atoms with Crippen molar-refractivity contribution in [3.05, 3.63) is 35.6 Å². The topological polar surface area (TPSA) is 114 Å². The standard InChI is InChI=1S/C12H12N2O4.C3H6O2/c1-17-8-6-4-3-5-7(8)9(18-2)10-13-11(15)12(16)14-10;1-2-3(4)5/h3-6H,1-2H3,(H,13,15)(H,14,16);2H2,1H3,(H,4,5). The highest BCUT2D eigenvalue weighted by molar-refractivity contribution is 6.38. The van der Waals surface area contributed by atoms with Crippen molar-refractivity contribution in [1.29, 1.82) is 0 Å². The first-order valence-corrected chi connectivity index (χ1v) is 6.70. The summed E-state index contributed by atoms with van der Waals surface area (Å²) in [5.41, 5.74) is 0.639. The molecule has 1 saturated heterocycles. The number of methoxy groups -OCH3 is 2. The molecule has 2 amide bonds. The van der Waals surface area contributed by atoms with Crippen molar-refractivity contribution < 1.29 is 29.0 Å². The maximum Gasteiger partial charge on any atom is 0.315 e. The highest BCUT2D eigenvalue weighted by Gasteiger charge is 2.28. The van der Waals surface area contributed by atoms with Gasteiger partial charge >= 0.3 is 17.8 Å². The van der Waals surface area contributed by atoms with E-state index in [1.54, 1.807) is 25.1 Å². The lowest BCUT2D eigenvalue weighted by atomic mass is 10.1. The molecule has 1 heterocycles. The Hall–Kier alpha value is -3.03. The average Bonchev–Trinajstić information content (AvgIpc) is 2.88. The predicted octanol–water partition coefficient (Wildman–Crippen LogP) is 0.695. The van der Waals surface area contributed by atoms with Crippen molar-refractivity contribution in [2.24, 2.45) is 0 Å². The van der Waals surface area contributed by atoms with Crippen molar-refractivity contribution in [2.75, 3.05) is 14.2 Å². The number of carboxylic acids is 1. The van der Waals surface area contributed by atoms with Crippen molar-refractivity contribution in [1.82, 2.24) is 10.6 Å². The molecule has 1 aliphatic heterocycles. The Labute approximate surface area is 133 Å². The van der Waals surface area contributed by atoms with Crippen LogP contribution in [0.1, 0.15) is 18.9 Å². The van der Waals surface area contributed by atoms with E-state index >= 15 is 0 Å². The number of carbonyl (C=O) groups excluding carboxylic acids is 2. The van der Waals surface area contributed by atoms with Gasteiger partial charge in [0.15, 0.2) is 11.6 Å². The van der Waals surface area contributed by atoms with Crippen LogP contribution in [0, 0.1) is 0 Å². The molecule has 8 nitrogen and oxygen atoms in total. The van der Waals surface area contributed by atoms with Crippen molar-refractivity contribution in [3.63, 3.8) is 0 Å². The monoisotopic (exact) mass is 322 g/mol. The average molecular weight is 322 g/mol. The molecule has 0 radical (unpaired) electrons. The van der Waals surface area contributed by atoms with Crippen LogP contribution in [-0.4, -0.2) is 37.1 Å². The fraction of sp³-hybridized carbons (Fsp3) is 0.267. The van der Waals surface area contributed by atoms with Gasteiger partial charge in [-0.1, -0.05) is 19.1 Å². The maximum absolute atomic E-state index is 11.1. The smallest absolute Gasteiger partial charge is 0.315 e. The second kappa shape index (κ2) is 8.42. The number of hydrogen-bond acceptors (Lipinski definition) is 5. The molecule has 124 valence electrons. The van der Waals surface area contributed by atoms with Crippen LogP contribution >= 0.6 is 0 Å². The number of benzene rings is 1. The van der Waals surface area contributed by atoms with Crippen LogP contribution in [0.25, 0.3) is 5.76 Å². The zero-order chi connectivity index (χ0) is 17.4. The molecule has 0 spiro atoms. The van der Waals surface area contributed by atoms with Gasteiger partial charge in [0.2, 0.25) is 0 Å². The van der Waals surface area contributed by atoms with Gasteiger partial charge in [0.05, 0.1) is 19.8 Å². The molecule has 3 N–H and O–H groups in total. The molecule has 23 heavy (non-hydrogen) atoms. The van der Waals surface area contributed by atoms with Crippen LogP contribution in [0.3, 0.4) is 0 Å². The van der Waals surface area contributed by atoms with Gasteiger partial charge < -0.3 is 25.2 Å². The SMILES string of the molecule is CCC(=O)O.COC(=C1NC(=O)C(=O)N1)c1ccccc1OC. The van der Waals surface area contributed by atoms with Crippen LogP contribution in [0.2, 0.25) is 0 Å². The first kappa shape index (κ1) is 18.0. The van der Waals surface area contributed by atoms with E-state index < -0.39 is 17.8 Å². The van der Waals surface area contributed by atoms with E-state index in [0.29, 0.717) is 17.1 Å². The zero-order valence-electron chi connectivity index (χ0n) is 13.0. The molecule has 2 rings (SSSR count). The van der Waals surface area contributed by atoms with Gasteiger partial charge in [-0.3, -0.25) is 14.4 Å². The van der Waals surface area contributed by atoms with E-state index in [1.807, 2.05) is 6.07 Å². The second-order valence-corrected chi connectivity index (χ2v) is 4.26. The lowest BCUT2D eigenvalue weighted by molar-refractivity contribution is -0.136. The molecule has 0 bridgehead atoms. The third kappa shape index (κ3) is 4.73. The summed E-state index contributed by atoms with van der Waals surface area (Å²) >= 11 is 0. The predicted molar refractivity (Wildman–Crippen MR) is 81.1 cm³/mol. The van der Waals surface area contributed by atoms with E-state index in [1.165, 1.54) is 14.2 Å². The summed E-state index contributed by atoms with van der Waals surface area (Å²) < 4.78 is 10.4. The van der Waals surface area contributed by atoms with Gasteiger partial charge in [0.1, 0.15) is 5.75 Å². The Morgan fingerprint density at radius 3 is 2.09 bits per heavy atom. The summed E-state index contributed by atoms with van der Waals surface area (Å²) in [5, 5.41) is 12.5. The molecule has 1 aromatic rings. The summed E-state index contributed by atoms with van der Waals surface area (Å²) in [6.45, 7) is 1.60. The minimum absolute atomic E-state index is 0.219. The van der Waals surface area contributed by atoms with E-state index in [4.69, 9.17) is 14.6 Å². The van der Waals surface area contributed by atoms with Gasteiger partial charge in [-0.05, 0) is 12.1 Å². The number of aliphatic carboxylic acids is 1. The van der Waals surface area contributed by atoms with Crippen LogP contribution in [0.4, 0.5) is 0 Å². The van der Waals surface area contributed by atoms with E-state index in [9.17, 15) is 14.4 Å². The fourth-order valence-corrected chi connectivity index (χ4v) is 1.66. The molecule has 0 aromatic heterocycles. The Kier molecular flexibility index (Phi) is 6.60. The molecule has 1 aromatic carbocycles. The lowest BCUT2D eigenvalue weighted by Crippen LogP contribution is -2.19. The fourth-order valence-electron chi connectivity index (χ4n) is 1.66. The molecule has 8 heteroatoms. The van der Waals surface area contributed by atoms with Gasteiger partial charge in [-0.2, -0.15) is 0 Å². The van der Waals surface area contributed by atoms with Gasteiger partial charge in [-0.15, -0.1) is 0 Å². The molecule has 0 atom stereocenters. The van der Waals surface area contributed by atoms with Crippen LogP contribution in [0.5, 0.6) is 5.75 Å². The van der Waals surface area contributed by atoms with Gasteiger partial charge in [0.25, 0.3) is 0 Å². The highest BCUT2D eigenvalue weighted by Crippen LogP contribution is 2.27. The van der Waals surface area contributed by atoms with Gasteiger partial charge in [0, 0.05) is 6.42 Å². The molecular weight excluding hydrogens is 304 g/mol. The van der Waals surface area contributed by atoms with Crippen molar-refractivity contribution >= 4 is 23.5 Å². The van der Waals surface area contributed by atoms with E-state index in [0.717, 1.165) is 0 Å². The van der Waals surface area contributed by atoms with Crippen LogP contribution < -0.4 is 15.4 Å². The Morgan fingerprint density at radius 2 is 1.65 bits per heavy atom. The summed E-state index contributed by atoms with van der Waals surface area (Å²) in [6.07, 6.45) is 0.222. The number of rotatable bonds is 4. The molecule has 0 saturated carbocycles. The molecule has 1 aliphatic rings. The Balaban J connectivity index is 0.000000463. The number of nitrogens with one attached hydrogen (secondary N) is 2. The number of hydrogen-bond donors (Lipinski definition) is 3. The normalized spacial score (nSPS) is 12.6. The first-order chi connectivity index (χ1) is 10.9. The summed E-state index contributed by atoms with van der Waals surface area (Å²) in [7, 11) is 2.98. The van der Waals surface area contributed by atoms with Crippen molar-refractivity contribution in [2.45, 2.75) is 13.3 Å². The molecular formula is C15H18N2O6. The first-order valence-electron chi connectivity index (χ1n) is 6.70. The molecule has 0 aliphatic carbocycles. The Bertz CT molecular complexity index is 621. The van der Waals surface area contributed by atoms with Crippen LogP contribution in [0.15, 0.2) is 30.1 Å². The quantitative estimate of drug-likeness (QED) is 0.555. The lowest BCUT2D eigenvalue weighted by Gasteiger charge is -2.12. The van der Waals surface area contributed by atoms with Gasteiger partial charge in [-0.25, -0.2) is 0 Å². The minimum atomic E-state index is -0.745. The number of carbonyl (C=O) groups is 3. The highest BCUT2D eigenvalue weighted by atomic mass is 16.5. The van der Waals surface area contributed by atoms with Crippen LogP contribution in [-0.2, 0) is 19.1 Å². The minimum Gasteiger partial charge on any atom is -0.496 e. The van der Waals surface area contributed by atoms with Crippen molar-refractivity contribution in [3.8, 4) is 5.75 Å². The largest absolute Gasteiger partial charge is 0.496 e. The number of amides is 2. The third-order valence-corrected chi connectivity index (χ3v) is 2.77. The summed E-state index contributed by atoms with van der Waals surface area (Å²) in [5.74, 6) is -1.03. The third-order valence-electron chi connectivity index (χ3n) is 2.77. The summed E-state index contributed by atoms with van der Waals surface area (Å²) in [6, 6.07) is 7.14. The molecule has 1 fully saturated rings. The zero-order valence-corrected chi connectivity index (χ0v) is 13.0. The Morgan fingerprint density at radius 1 is 1.13 bits per heavy atom. The molecule has 0 unspecified atom stereocenters. The summed E-state index contributed by atoms with van der Waals surface area (Å²) in [4.78, 5) is 31.7. The van der Waals surface area contributed by atoms with E-state index in [-0.39, 0.29) is 12.2 Å². The maximum atomic E-state index is 11.1. The number of carboxylic acid groups (broad SMARTS) is 1. The number of ether oxygens (including phenoxy) is 2. The van der Waals surface area contributed by atoms with E-state index in [2.05, 4.69) is 10.6 Å². The number of para-hydroxylation sites is 1.